The summed E-state index contributed by atoms with van der Waals surface area (Å²) in [6, 6.07) is -1.71. The van der Waals surface area contributed by atoms with Crippen molar-refractivity contribution in [3.05, 3.63) is 18.2 Å². The minimum Gasteiger partial charge on any atom is -0.480 e. The number of aromatic amines is 1. The topological polar surface area (TPSA) is 121 Å². The highest BCUT2D eigenvalue weighted by molar-refractivity contribution is 5.87. The number of amides is 1. The van der Waals surface area contributed by atoms with Gasteiger partial charge >= 0.3 is 5.97 Å². The first kappa shape index (κ1) is 15.2. The van der Waals surface area contributed by atoms with Crippen LogP contribution >= 0.6 is 0 Å². The molecule has 2 unspecified atom stereocenters. The number of carboxylic acid groups (broad SMARTS) is 1. The molecular weight excluding hydrogens is 248 g/mol. The smallest absolute Gasteiger partial charge is 0.326 e. The van der Waals surface area contributed by atoms with E-state index in [2.05, 4.69) is 15.3 Å². The Kier molecular flexibility index (Phi) is 5.50. The summed E-state index contributed by atoms with van der Waals surface area (Å²) in [6.07, 6.45) is 4.03. The Bertz CT molecular complexity index is 419. The molecule has 0 saturated carbocycles. The van der Waals surface area contributed by atoms with Crippen LogP contribution in [0.15, 0.2) is 12.5 Å². The van der Waals surface area contributed by atoms with Gasteiger partial charge in [-0.1, -0.05) is 20.3 Å². The monoisotopic (exact) mass is 268 g/mol. The summed E-state index contributed by atoms with van der Waals surface area (Å²) in [5.41, 5.74) is 6.48. The van der Waals surface area contributed by atoms with Crippen LogP contribution in [-0.2, 0) is 16.0 Å². The van der Waals surface area contributed by atoms with E-state index in [0.29, 0.717) is 12.8 Å². The van der Waals surface area contributed by atoms with E-state index < -0.39 is 24.0 Å². The van der Waals surface area contributed by atoms with Crippen molar-refractivity contribution in [2.75, 3.05) is 0 Å². The van der Waals surface area contributed by atoms with Crippen molar-refractivity contribution < 1.29 is 14.7 Å². The zero-order valence-corrected chi connectivity index (χ0v) is 11.1. The minimum atomic E-state index is -1.04. The highest BCUT2D eigenvalue weighted by Crippen LogP contribution is 2.08. The molecule has 3 atom stereocenters. The van der Waals surface area contributed by atoms with Gasteiger partial charge in [0, 0.05) is 18.3 Å². The molecule has 0 aliphatic heterocycles. The number of hydrogen-bond acceptors (Lipinski definition) is 4. The van der Waals surface area contributed by atoms with Gasteiger partial charge in [0.2, 0.25) is 5.91 Å². The van der Waals surface area contributed by atoms with Crippen LogP contribution < -0.4 is 11.1 Å². The minimum absolute atomic E-state index is 0.152. The number of carbonyl (C=O) groups excluding carboxylic acids is 1. The molecule has 0 saturated heterocycles. The third-order valence-corrected chi connectivity index (χ3v) is 3.11. The van der Waals surface area contributed by atoms with Gasteiger partial charge in [-0.2, -0.15) is 0 Å². The number of aliphatic carboxylic acids is 1. The van der Waals surface area contributed by atoms with E-state index in [1.54, 1.807) is 13.1 Å². The number of nitrogens with zero attached hydrogens (tertiary/aromatic N) is 1. The highest BCUT2D eigenvalue weighted by Gasteiger charge is 2.27. The molecule has 0 spiro atoms. The van der Waals surface area contributed by atoms with Crippen LogP contribution in [0.25, 0.3) is 0 Å². The Morgan fingerprint density at radius 1 is 1.58 bits per heavy atom. The average Bonchev–Trinajstić information content (AvgIpc) is 2.86. The Morgan fingerprint density at radius 3 is 2.74 bits per heavy atom. The molecule has 0 radical (unpaired) electrons. The Hall–Kier alpha value is -1.89. The number of nitrogens with two attached hydrogens (primary N) is 1. The molecule has 0 aromatic carbocycles. The first-order valence-corrected chi connectivity index (χ1v) is 6.21. The number of aromatic nitrogens is 2. The number of carboxylic acids is 1. The van der Waals surface area contributed by atoms with Crippen molar-refractivity contribution in [1.82, 2.24) is 15.3 Å². The molecule has 0 aliphatic carbocycles. The molecule has 7 nitrogen and oxygen atoms in total. The van der Waals surface area contributed by atoms with Crippen LogP contribution in [0, 0.1) is 5.92 Å². The van der Waals surface area contributed by atoms with Crippen LogP contribution in [0.1, 0.15) is 26.0 Å². The van der Waals surface area contributed by atoms with E-state index in [4.69, 9.17) is 10.8 Å². The number of rotatable bonds is 7. The standard InChI is InChI=1S/C12H20N4O3/c1-3-7(2)10(12(18)19)16-11(17)9(13)4-8-5-14-6-15-8/h5-7,9-10H,3-4,13H2,1-2H3,(H,14,15)(H,16,17)(H,18,19)/t7?,9?,10-/m0/s1. The van der Waals surface area contributed by atoms with Gasteiger partial charge in [0.25, 0.3) is 0 Å². The van der Waals surface area contributed by atoms with Crippen molar-refractivity contribution in [2.24, 2.45) is 11.7 Å². The summed E-state index contributed by atoms with van der Waals surface area (Å²) in [6.45, 7) is 3.65. The summed E-state index contributed by atoms with van der Waals surface area (Å²) >= 11 is 0. The lowest BCUT2D eigenvalue weighted by Crippen LogP contribution is -2.51. The van der Waals surface area contributed by atoms with Crippen molar-refractivity contribution in [2.45, 2.75) is 38.8 Å². The summed E-state index contributed by atoms with van der Waals surface area (Å²) in [5, 5.41) is 11.6. The van der Waals surface area contributed by atoms with E-state index in [1.807, 2.05) is 6.92 Å². The molecular formula is C12H20N4O3. The zero-order valence-electron chi connectivity index (χ0n) is 11.1. The SMILES string of the molecule is CCC(C)[C@H](NC(=O)C(N)Cc1cnc[nH]1)C(=O)O. The van der Waals surface area contributed by atoms with Crippen molar-refractivity contribution in [3.63, 3.8) is 0 Å². The fourth-order valence-corrected chi connectivity index (χ4v) is 1.67. The lowest BCUT2D eigenvalue weighted by molar-refractivity contribution is -0.143. The summed E-state index contributed by atoms with van der Waals surface area (Å²) in [4.78, 5) is 29.6. The Labute approximate surface area is 111 Å². The Morgan fingerprint density at radius 2 is 2.26 bits per heavy atom. The number of imidazole rings is 1. The normalized spacial score (nSPS) is 15.5. The lowest BCUT2D eigenvalue weighted by Gasteiger charge is -2.22. The molecule has 1 rings (SSSR count). The maximum Gasteiger partial charge on any atom is 0.326 e. The number of H-pyrrole nitrogens is 1. The van der Waals surface area contributed by atoms with Crippen LogP contribution in [0.3, 0.4) is 0 Å². The van der Waals surface area contributed by atoms with E-state index in [-0.39, 0.29) is 5.92 Å². The fraction of sp³-hybridized carbons (Fsp3) is 0.583. The molecule has 106 valence electrons. The van der Waals surface area contributed by atoms with Crippen molar-refractivity contribution in [3.8, 4) is 0 Å². The van der Waals surface area contributed by atoms with E-state index in [9.17, 15) is 9.59 Å². The lowest BCUT2D eigenvalue weighted by atomic mass is 9.98. The van der Waals surface area contributed by atoms with Gasteiger partial charge in [-0.3, -0.25) is 4.79 Å². The summed E-state index contributed by atoms with van der Waals surface area (Å²) in [5.74, 6) is -1.67. The van der Waals surface area contributed by atoms with Crippen LogP contribution in [0.5, 0.6) is 0 Å². The molecule has 1 aromatic heterocycles. The molecule has 5 N–H and O–H groups in total. The van der Waals surface area contributed by atoms with Gasteiger partial charge in [-0.15, -0.1) is 0 Å². The van der Waals surface area contributed by atoms with E-state index in [1.165, 1.54) is 6.33 Å². The summed E-state index contributed by atoms with van der Waals surface area (Å²) < 4.78 is 0. The van der Waals surface area contributed by atoms with Crippen LogP contribution in [0.4, 0.5) is 0 Å². The maximum atomic E-state index is 11.9. The van der Waals surface area contributed by atoms with Crippen molar-refractivity contribution >= 4 is 11.9 Å². The largest absolute Gasteiger partial charge is 0.480 e. The van der Waals surface area contributed by atoms with Gasteiger partial charge in [0.15, 0.2) is 0 Å². The van der Waals surface area contributed by atoms with Crippen molar-refractivity contribution in [1.29, 1.82) is 0 Å². The quantitative estimate of drug-likeness (QED) is 0.550. The number of carbonyl (C=O) groups is 2. The molecule has 19 heavy (non-hydrogen) atoms. The average molecular weight is 268 g/mol. The zero-order chi connectivity index (χ0) is 14.4. The molecule has 1 aromatic rings. The maximum absolute atomic E-state index is 11.9. The third-order valence-electron chi connectivity index (χ3n) is 3.11. The fourth-order valence-electron chi connectivity index (χ4n) is 1.67. The molecule has 1 amide bonds. The van der Waals surface area contributed by atoms with Gasteiger partial charge in [-0.05, 0) is 5.92 Å². The molecule has 7 heteroatoms. The first-order valence-electron chi connectivity index (χ1n) is 6.21. The third kappa shape index (κ3) is 4.36. The second-order valence-electron chi connectivity index (χ2n) is 4.60. The highest BCUT2D eigenvalue weighted by atomic mass is 16.4. The predicted molar refractivity (Wildman–Crippen MR) is 69.3 cm³/mol. The van der Waals surface area contributed by atoms with Gasteiger partial charge < -0.3 is 21.1 Å². The van der Waals surface area contributed by atoms with Crippen LogP contribution in [-0.4, -0.2) is 39.0 Å². The second-order valence-corrected chi connectivity index (χ2v) is 4.60. The van der Waals surface area contributed by atoms with Gasteiger partial charge in [0.1, 0.15) is 6.04 Å². The summed E-state index contributed by atoms with van der Waals surface area (Å²) in [7, 11) is 0. The molecule has 0 fully saturated rings. The van der Waals surface area contributed by atoms with Crippen LogP contribution in [0.2, 0.25) is 0 Å². The number of hydrogen-bond donors (Lipinski definition) is 4. The number of nitrogens with one attached hydrogen (secondary N) is 2. The van der Waals surface area contributed by atoms with Gasteiger partial charge in [-0.25, -0.2) is 9.78 Å². The Balaban J connectivity index is 2.58. The molecule has 0 aliphatic rings. The first-order chi connectivity index (χ1) is 8.95. The van der Waals surface area contributed by atoms with E-state index in [0.717, 1.165) is 5.69 Å². The predicted octanol–water partition coefficient (Wildman–Crippen LogP) is -0.105. The molecule has 1 heterocycles. The van der Waals surface area contributed by atoms with Gasteiger partial charge in [0.05, 0.1) is 12.4 Å². The van der Waals surface area contributed by atoms with E-state index >= 15 is 0 Å². The molecule has 0 bridgehead atoms. The second kappa shape index (κ2) is 6.89.